The molecule has 192 valence electrons. The Morgan fingerprint density at radius 3 is 2.51 bits per heavy atom. The summed E-state index contributed by atoms with van der Waals surface area (Å²) in [6, 6.07) is 20.5. The summed E-state index contributed by atoms with van der Waals surface area (Å²) >= 11 is 6.13. The van der Waals surface area contributed by atoms with E-state index in [1.807, 2.05) is 55.5 Å². The monoisotopic (exact) mass is 518 g/mol. The van der Waals surface area contributed by atoms with Gasteiger partial charge in [0.1, 0.15) is 5.84 Å². The largest absolute Gasteiger partial charge is 0.369 e. The minimum atomic E-state index is -0.242. The van der Waals surface area contributed by atoms with Crippen molar-refractivity contribution in [1.29, 1.82) is 0 Å². The third kappa shape index (κ3) is 7.77. The summed E-state index contributed by atoms with van der Waals surface area (Å²) in [6.45, 7) is 6.24. The van der Waals surface area contributed by atoms with Gasteiger partial charge in [0.2, 0.25) is 5.96 Å². The third-order valence-corrected chi connectivity index (χ3v) is 6.13. The van der Waals surface area contributed by atoms with Gasteiger partial charge in [0.05, 0.1) is 12.2 Å². The molecule has 3 aromatic rings. The Morgan fingerprint density at radius 1 is 1.05 bits per heavy atom. The maximum Gasteiger partial charge on any atom is 0.257 e. The van der Waals surface area contributed by atoms with E-state index in [0.717, 1.165) is 48.4 Å². The summed E-state index contributed by atoms with van der Waals surface area (Å²) in [5, 5.41) is 6.65. The predicted octanol–water partition coefficient (Wildman–Crippen LogP) is 4.11. The Labute approximate surface area is 222 Å². The summed E-state index contributed by atoms with van der Waals surface area (Å²) in [6.07, 6.45) is 2.16. The number of carbonyl (C=O) groups is 1. The molecule has 0 bridgehead atoms. The van der Waals surface area contributed by atoms with Gasteiger partial charge >= 0.3 is 0 Å². The van der Waals surface area contributed by atoms with Crippen LogP contribution in [0, 0.1) is 0 Å². The van der Waals surface area contributed by atoms with Crippen molar-refractivity contribution in [2.75, 3.05) is 43.1 Å². The van der Waals surface area contributed by atoms with Crippen molar-refractivity contribution in [1.82, 2.24) is 15.2 Å². The molecule has 1 aliphatic rings. The fraction of sp³-hybridized carbons (Fsp3) is 0.259. The lowest BCUT2D eigenvalue weighted by atomic mass is 10.2. The maximum atomic E-state index is 12.4. The number of benzene rings is 2. The summed E-state index contributed by atoms with van der Waals surface area (Å²) in [5.41, 5.74) is 8.39. The Balaban J connectivity index is 1.27. The van der Waals surface area contributed by atoms with Crippen LogP contribution in [0.4, 0.5) is 17.2 Å². The van der Waals surface area contributed by atoms with E-state index < -0.39 is 0 Å². The average Bonchev–Trinajstić information content (AvgIpc) is 2.92. The molecular formula is C27H31ClN8O. The van der Waals surface area contributed by atoms with Crippen LogP contribution >= 0.6 is 11.6 Å². The SMILES string of the molecule is CCC(=NCN1CCN(c2cccc(Cl)c2)CC1)NC(N)=Nc1ccc(C(=O)Nc2ccccc2)cn1. The topological polar surface area (TPSA) is 111 Å². The molecule has 1 fully saturated rings. The first-order chi connectivity index (χ1) is 18.0. The molecule has 9 nitrogen and oxygen atoms in total. The number of halogens is 1. The molecule has 0 spiro atoms. The van der Waals surface area contributed by atoms with Crippen LogP contribution < -0.4 is 21.3 Å². The van der Waals surface area contributed by atoms with Crippen molar-refractivity contribution >= 4 is 46.5 Å². The van der Waals surface area contributed by atoms with E-state index in [4.69, 9.17) is 22.3 Å². The number of nitrogens with zero attached hydrogens (tertiary/aromatic N) is 5. The number of piperazine rings is 1. The molecule has 0 atom stereocenters. The number of guanidine groups is 1. The number of hydrogen-bond donors (Lipinski definition) is 3. The van der Waals surface area contributed by atoms with Crippen molar-refractivity contribution in [2.45, 2.75) is 13.3 Å². The second-order valence-corrected chi connectivity index (χ2v) is 8.97. The molecule has 4 N–H and O–H groups in total. The first-order valence-corrected chi connectivity index (χ1v) is 12.6. The number of nitrogens with two attached hydrogens (primary N) is 1. The molecule has 1 aromatic heterocycles. The van der Waals surface area contributed by atoms with Crippen LogP contribution in [0.2, 0.25) is 5.02 Å². The van der Waals surface area contributed by atoms with Gasteiger partial charge in [-0.2, -0.15) is 4.99 Å². The molecule has 0 radical (unpaired) electrons. The van der Waals surface area contributed by atoms with Gasteiger partial charge < -0.3 is 21.3 Å². The second-order valence-electron chi connectivity index (χ2n) is 8.53. The van der Waals surface area contributed by atoms with Crippen LogP contribution in [0.15, 0.2) is 82.9 Å². The van der Waals surface area contributed by atoms with E-state index in [-0.39, 0.29) is 11.9 Å². The molecule has 0 aliphatic carbocycles. The first-order valence-electron chi connectivity index (χ1n) is 12.2. The quantitative estimate of drug-likeness (QED) is 0.320. The highest BCUT2D eigenvalue weighted by atomic mass is 35.5. The van der Waals surface area contributed by atoms with E-state index in [9.17, 15) is 4.79 Å². The lowest BCUT2D eigenvalue weighted by Crippen LogP contribution is -2.46. The zero-order valence-corrected chi connectivity index (χ0v) is 21.5. The fourth-order valence-electron chi connectivity index (χ4n) is 3.86. The molecule has 2 aromatic carbocycles. The van der Waals surface area contributed by atoms with Crippen LogP contribution in [-0.4, -0.2) is 60.4 Å². The predicted molar refractivity (Wildman–Crippen MR) is 151 cm³/mol. The summed E-state index contributed by atoms with van der Waals surface area (Å²) in [7, 11) is 0. The Bertz CT molecular complexity index is 1240. The Hall–Kier alpha value is -3.95. The Kier molecular flexibility index (Phi) is 9.07. The van der Waals surface area contributed by atoms with Crippen molar-refractivity contribution in [2.24, 2.45) is 15.7 Å². The van der Waals surface area contributed by atoms with Gasteiger partial charge in [0.25, 0.3) is 5.91 Å². The highest BCUT2D eigenvalue weighted by molar-refractivity contribution is 6.30. The van der Waals surface area contributed by atoms with Gasteiger partial charge in [0.15, 0.2) is 5.82 Å². The number of carbonyl (C=O) groups excluding carboxylic acids is 1. The van der Waals surface area contributed by atoms with E-state index in [1.165, 1.54) is 6.20 Å². The van der Waals surface area contributed by atoms with E-state index >= 15 is 0 Å². The first kappa shape index (κ1) is 26.1. The lowest BCUT2D eigenvalue weighted by molar-refractivity contribution is 0.102. The Morgan fingerprint density at radius 2 is 1.84 bits per heavy atom. The number of para-hydroxylation sites is 1. The number of hydrogen-bond acceptors (Lipinski definition) is 6. The minimum Gasteiger partial charge on any atom is -0.369 e. The standard InChI is InChI=1S/C27H31ClN8O/c1-2-24(31-19-35-13-15-36(16-14-35)23-10-6-7-21(28)17-23)33-27(29)34-25-12-11-20(18-30-25)26(37)32-22-8-4-3-5-9-22/h3-12,17-18H,2,13-16,19H2,1H3,(H,32,37)(H3,29,30,31,33,34). The van der Waals surface area contributed by atoms with Crippen molar-refractivity contribution < 1.29 is 4.79 Å². The van der Waals surface area contributed by atoms with Gasteiger partial charge in [-0.3, -0.25) is 14.7 Å². The van der Waals surface area contributed by atoms with E-state index in [2.05, 4.69) is 36.5 Å². The summed E-state index contributed by atoms with van der Waals surface area (Å²) < 4.78 is 0. The summed E-state index contributed by atoms with van der Waals surface area (Å²) in [5.74, 6) is 1.10. The smallest absolute Gasteiger partial charge is 0.257 e. The zero-order chi connectivity index (χ0) is 26.0. The molecule has 1 saturated heterocycles. The normalized spacial score (nSPS) is 14.9. The van der Waals surface area contributed by atoms with Gasteiger partial charge in [-0.25, -0.2) is 4.98 Å². The van der Waals surface area contributed by atoms with Crippen LogP contribution in [0.5, 0.6) is 0 Å². The number of aromatic nitrogens is 1. The number of amidine groups is 1. The number of amides is 1. The van der Waals surface area contributed by atoms with Crippen molar-refractivity contribution in [3.63, 3.8) is 0 Å². The molecule has 4 rings (SSSR count). The number of nitrogens with one attached hydrogen (secondary N) is 2. The van der Waals surface area contributed by atoms with Gasteiger partial charge in [-0.05, 0) is 42.5 Å². The molecule has 0 saturated carbocycles. The molecule has 37 heavy (non-hydrogen) atoms. The van der Waals surface area contributed by atoms with Gasteiger partial charge in [-0.15, -0.1) is 0 Å². The van der Waals surface area contributed by atoms with Crippen LogP contribution in [0.1, 0.15) is 23.7 Å². The molecular weight excluding hydrogens is 488 g/mol. The number of anilines is 2. The maximum absolute atomic E-state index is 12.4. The molecule has 1 amide bonds. The number of aliphatic imine (C=N–C) groups is 2. The molecule has 1 aliphatic heterocycles. The van der Waals surface area contributed by atoms with Crippen LogP contribution in [0.25, 0.3) is 0 Å². The van der Waals surface area contributed by atoms with Crippen LogP contribution in [-0.2, 0) is 0 Å². The van der Waals surface area contributed by atoms with Gasteiger partial charge in [-0.1, -0.05) is 42.8 Å². The van der Waals surface area contributed by atoms with Crippen molar-refractivity contribution in [3.05, 3.63) is 83.5 Å². The summed E-state index contributed by atoms with van der Waals surface area (Å²) in [4.78, 5) is 30.3. The third-order valence-electron chi connectivity index (χ3n) is 5.89. The molecule has 2 heterocycles. The van der Waals surface area contributed by atoms with Gasteiger partial charge in [0, 0.05) is 55.2 Å². The molecule has 10 heteroatoms. The van der Waals surface area contributed by atoms with Crippen LogP contribution in [0.3, 0.4) is 0 Å². The second kappa shape index (κ2) is 12.8. The van der Waals surface area contributed by atoms with Crippen molar-refractivity contribution in [3.8, 4) is 0 Å². The number of rotatable bonds is 7. The molecule has 0 unspecified atom stereocenters. The van der Waals surface area contributed by atoms with E-state index in [1.54, 1.807) is 12.1 Å². The lowest BCUT2D eigenvalue weighted by Gasteiger charge is -2.35. The average molecular weight is 519 g/mol. The minimum absolute atomic E-state index is 0.195. The zero-order valence-electron chi connectivity index (χ0n) is 20.8. The fourth-order valence-corrected chi connectivity index (χ4v) is 4.04. The highest BCUT2D eigenvalue weighted by Gasteiger charge is 2.17. The van der Waals surface area contributed by atoms with E-state index in [0.29, 0.717) is 24.5 Å². The highest BCUT2D eigenvalue weighted by Crippen LogP contribution is 2.20. The number of pyridine rings is 1.